The lowest BCUT2D eigenvalue weighted by Gasteiger charge is -2.32. The van der Waals surface area contributed by atoms with E-state index in [9.17, 15) is 0 Å². The van der Waals surface area contributed by atoms with Crippen LogP contribution in [0.25, 0.3) is 0 Å². The summed E-state index contributed by atoms with van der Waals surface area (Å²) in [6, 6.07) is 0. The molecule has 0 spiro atoms. The zero-order chi connectivity index (χ0) is 14.8. The molecule has 4 nitrogen and oxygen atoms in total. The van der Waals surface area contributed by atoms with Gasteiger partial charge in [-0.1, -0.05) is 12.7 Å². The Bertz CT molecular complexity index is 342. The maximum atomic E-state index is 5.76. The Labute approximate surface area is 123 Å². The fraction of sp³-hybridized carbons (Fsp3) is 0.625. The van der Waals surface area contributed by atoms with E-state index >= 15 is 0 Å². The van der Waals surface area contributed by atoms with Crippen LogP contribution in [0.5, 0.6) is 0 Å². The zero-order valence-corrected chi connectivity index (χ0v) is 13.2. The number of rotatable bonds is 8. The van der Waals surface area contributed by atoms with Crippen LogP contribution in [0.2, 0.25) is 0 Å². The highest BCUT2D eigenvalue weighted by Crippen LogP contribution is 2.05. The summed E-state index contributed by atoms with van der Waals surface area (Å²) in [6.07, 6.45) is 6.80. The van der Waals surface area contributed by atoms with Gasteiger partial charge in [-0.25, -0.2) is 0 Å². The maximum Gasteiger partial charge on any atom is 0.120 e. The molecular formula is C16H29N3O. The van der Waals surface area contributed by atoms with Crippen LogP contribution in [-0.4, -0.2) is 63.2 Å². The molecular weight excluding hydrogens is 250 g/mol. The minimum Gasteiger partial charge on any atom is -0.493 e. The maximum absolute atomic E-state index is 5.76. The third-order valence-electron chi connectivity index (χ3n) is 3.58. The topological polar surface area (TPSA) is 27.7 Å². The number of allylic oxidation sites excluding steroid dienone is 3. The summed E-state index contributed by atoms with van der Waals surface area (Å²) in [5.41, 5.74) is 1.04. The van der Waals surface area contributed by atoms with Crippen LogP contribution in [0.15, 0.2) is 36.3 Å². The first kappa shape index (κ1) is 16.8. The fourth-order valence-electron chi connectivity index (χ4n) is 2.16. The third kappa shape index (κ3) is 6.26. The van der Waals surface area contributed by atoms with E-state index in [4.69, 9.17) is 4.74 Å². The van der Waals surface area contributed by atoms with Crippen molar-refractivity contribution < 1.29 is 4.74 Å². The van der Waals surface area contributed by atoms with Crippen molar-refractivity contribution >= 4 is 0 Å². The summed E-state index contributed by atoms with van der Waals surface area (Å²) >= 11 is 0. The summed E-state index contributed by atoms with van der Waals surface area (Å²) in [4.78, 5) is 4.88. The van der Waals surface area contributed by atoms with Crippen molar-refractivity contribution in [1.29, 1.82) is 0 Å². The van der Waals surface area contributed by atoms with E-state index < -0.39 is 0 Å². The molecule has 1 saturated heterocycles. The standard InChI is InChI=1S/C16H29N3O/c1-5-15(17-3)14-16(6-2)20-13-7-8-19-11-9-18(4)10-12-19/h5-6,14,17H,2,7-13H2,1,3-4H3/b15-5+,16-14+. The van der Waals surface area contributed by atoms with Gasteiger partial charge < -0.3 is 19.9 Å². The largest absolute Gasteiger partial charge is 0.493 e. The predicted octanol–water partition coefficient (Wildman–Crippen LogP) is 1.83. The molecule has 4 heteroatoms. The molecule has 1 N–H and O–H groups in total. The minimum atomic E-state index is 0.741. The Balaban J connectivity index is 2.23. The Kier molecular flexibility index (Phi) is 8.07. The number of piperazine rings is 1. The molecule has 0 amide bonds. The normalized spacial score (nSPS) is 18.9. The molecule has 0 radical (unpaired) electrons. The molecule has 1 aliphatic heterocycles. The van der Waals surface area contributed by atoms with Gasteiger partial charge in [-0.3, -0.25) is 0 Å². The quantitative estimate of drug-likeness (QED) is 0.417. The first-order valence-corrected chi connectivity index (χ1v) is 7.41. The van der Waals surface area contributed by atoms with E-state index in [1.807, 2.05) is 26.1 Å². The van der Waals surface area contributed by atoms with Gasteiger partial charge in [0.25, 0.3) is 0 Å². The van der Waals surface area contributed by atoms with Gasteiger partial charge in [-0.05, 0) is 26.5 Å². The van der Waals surface area contributed by atoms with Gasteiger partial charge in [-0.2, -0.15) is 0 Å². The van der Waals surface area contributed by atoms with E-state index in [2.05, 4.69) is 28.7 Å². The van der Waals surface area contributed by atoms with Gasteiger partial charge in [0.15, 0.2) is 0 Å². The van der Waals surface area contributed by atoms with Crippen molar-refractivity contribution in [2.45, 2.75) is 13.3 Å². The Morgan fingerprint density at radius 1 is 1.30 bits per heavy atom. The van der Waals surface area contributed by atoms with Gasteiger partial charge in [0.2, 0.25) is 0 Å². The smallest absolute Gasteiger partial charge is 0.120 e. The Morgan fingerprint density at radius 3 is 2.55 bits per heavy atom. The lowest BCUT2D eigenvalue weighted by atomic mass is 10.3. The number of hydrogen-bond acceptors (Lipinski definition) is 4. The molecule has 0 unspecified atom stereocenters. The van der Waals surface area contributed by atoms with Crippen molar-refractivity contribution in [3.63, 3.8) is 0 Å². The minimum absolute atomic E-state index is 0.741. The van der Waals surface area contributed by atoms with Gasteiger partial charge in [0, 0.05) is 51.5 Å². The number of ether oxygens (including phenoxy) is 1. The van der Waals surface area contributed by atoms with Crippen molar-refractivity contribution in [1.82, 2.24) is 15.1 Å². The average Bonchev–Trinajstić information content (AvgIpc) is 2.48. The summed E-state index contributed by atoms with van der Waals surface area (Å²) in [5, 5.41) is 3.11. The predicted molar refractivity (Wildman–Crippen MR) is 85.6 cm³/mol. The van der Waals surface area contributed by atoms with Crippen LogP contribution in [0, 0.1) is 0 Å². The molecule has 20 heavy (non-hydrogen) atoms. The molecule has 1 heterocycles. The van der Waals surface area contributed by atoms with Gasteiger partial charge in [-0.15, -0.1) is 0 Å². The van der Waals surface area contributed by atoms with E-state index in [0.717, 1.165) is 31.0 Å². The second-order valence-electron chi connectivity index (χ2n) is 5.09. The number of likely N-dealkylation sites (N-methyl/N-ethyl adjacent to an activating group) is 2. The molecule has 114 valence electrons. The zero-order valence-electron chi connectivity index (χ0n) is 13.2. The van der Waals surface area contributed by atoms with Crippen molar-refractivity contribution in [2.75, 3.05) is 53.4 Å². The monoisotopic (exact) mass is 279 g/mol. The molecule has 1 fully saturated rings. The van der Waals surface area contributed by atoms with Crippen LogP contribution >= 0.6 is 0 Å². The van der Waals surface area contributed by atoms with Crippen molar-refractivity contribution in [3.8, 4) is 0 Å². The van der Waals surface area contributed by atoms with E-state index in [0.29, 0.717) is 0 Å². The highest BCUT2D eigenvalue weighted by atomic mass is 16.5. The van der Waals surface area contributed by atoms with Gasteiger partial charge in [0.05, 0.1) is 6.61 Å². The van der Waals surface area contributed by atoms with E-state index in [-0.39, 0.29) is 0 Å². The van der Waals surface area contributed by atoms with Crippen LogP contribution in [-0.2, 0) is 4.74 Å². The molecule has 0 saturated carbocycles. The van der Waals surface area contributed by atoms with Crippen LogP contribution in [0.1, 0.15) is 13.3 Å². The number of hydrogen-bond donors (Lipinski definition) is 1. The van der Waals surface area contributed by atoms with Gasteiger partial charge >= 0.3 is 0 Å². The Hall–Kier alpha value is -1.26. The summed E-state index contributed by atoms with van der Waals surface area (Å²) in [6.45, 7) is 12.3. The highest BCUT2D eigenvalue weighted by molar-refractivity contribution is 5.23. The summed E-state index contributed by atoms with van der Waals surface area (Å²) < 4.78 is 5.76. The van der Waals surface area contributed by atoms with E-state index in [1.54, 1.807) is 6.08 Å². The van der Waals surface area contributed by atoms with Crippen molar-refractivity contribution in [2.24, 2.45) is 0 Å². The molecule has 0 aromatic heterocycles. The number of nitrogens with zero attached hydrogens (tertiary/aromatic N) is 2. The van der Waals surface area contributed by atoms with E-state index in [1.165, 1.54) is 26.2 Å². The molecule has 1 rings (SSSR count). The molecule has 0 aliphatic carbocycles. The molecule has 0 bridgehead atoms. The fourth-order valence-corrected chi connectivity index (χ4v) is 2.16. The first-order valence-electron chi connectivity index (χ1n) is 7.41. The highest BCUT2D eigenvalue weighted by Gasteiger charge is 2.12. The average molecular weight is 279 g/mol. The molecule has 0 atom stereocenters. The van der Waals surface area contributed by atoms with Crippen molar-refractivity contribution in [3.05, 3.63) is 36.3 Å². The van der Waals surface area contributed by atoms with Crippen LogP contribution in [0.4, 0.5) is 0 Å². The first-order chi connectivity index (χ1) is 9.69. The molecule has 0 aromatic rings. The summed E-state index contributed by atoms with van der Waals surface area (Å²) in [5.74, 6) is 0.825. The Morgan fingerprint density at radius 2 is 2.00 bits per heavy atom. The summed E-state index contributed by atoms with van der Waals surface area (Å²) in [7, 11) is 4.09. The second-order valence-corrected chi connectivity index (χ2v) is 5.09. The van der Waals surface area contributed by atoms with Crippen LogP contribution in [0.3, 0.4) is 0 Å². The SMILES string of the molecule is C=C/C(=C\C(=C/C)NC)OCCCN1CCN(C)CC1. The third-order valence-corrected chi connectivity index (χ3v) is 3.58. The lowest BCUT2D eigenvalue weighted by molar-refractivity contribution is 0.136. The number of nitrogens with one attached hydrogen (secondary N) is 1. The molecule has 0 aromatic carbocycles. The van der Waals surface area contributed by atoms with Crippen LogP contribution < -0.4 is 5.32 Å². The van der Waals surface area contributed by atoms with Gasteiger partial charge in [0.1, 0.15) is 5.76 Å². The molecule has 1 aliphatic rings. The lowest BCUT2D eigenvalue weighted by Crippen LogP contribution is -2.44. The second kappa shape index (κ2) is 9.61.